The van der Waals surface area contributed by atoms with Crippen LogP contribution in [0.25, 0.3) is 0 Å². The summed E-state index contributed by atoms with van der Waals surface area (Å²) in [5.74, 6) is -0.741. The lowest BCUT2D eigenvalue weighted by Crippen LogP contribution is -2.38. The predicted octanol–water partition coefficient (Wildman–Crippen LogP) is 3.79. The van der Waals surface area contributed by atoms with Gasteiger partial charge < -0.3 is 9.84 Å². The van der Waals surface area contributed by atoms with Crippen molar-refractivity contribution in [3.8, 4) is 0 Å². The Hall–Kier alpha value is -1.55. The van der Waals surface area contributed by atoms with Gasteiger partial charge in [-0.1, -0.05) is 47.5 Å². The molecule has 0 saturated carbocycles. The number of ether oxygens (including phenoxy) is 1. The van der Waals surface area contributed by atoms with E-state index in [0.717, 1.165) is 0 Å². The minimum absolute atomic E-state index is 0.169. The first-order valence-corrected chi connectivity index (χ1v) is 7.15. The van der Waals surface area contributed by atoms with Crippen LogP contribution < -0.4 is 0 Å². The lowest BCUT2D eigenvalue weighted by atomic mass is 9.86. The van der Waals surface area contributed by atoms with E-state index < -0.39 is 11.6 Å². The highest BCUT2D eigenvalue weighted by Crippen LogP contribution is 2.32. The van der Waals surface area contributed by atoms with Crippen molar-refractivity contribution in [2.24, 2.45) is 0 Å². The zero-order chi connectivity index (χ0) is 15.5. The van der Waals surface area contributed by atoms with Crippen LogP contribution >= 0.6 is 23.2 Å². The van der Waals surface area contributed by atoms with Crippen LogP contribution in [0.3, 0.4) is 0 Å². The second-order valence-corrected chi connectivity index (χ2v) is 5.32. The maximum absolute atomic E-state index is 12.3. The minimum Gasteiger partial charge on any atom is -0.463 e. The molecule has 2 aromatic carbocycles. The molecule has 1 N–H and O–H groups in total. The average molecular weight is 325 g/mol. The second kappa shape index (κ2) is 6.48. The van der Waals surface area contributed by atoms with E-state index in [1.54, 1.807) is 55.5 Å². The molecule has 0 aliphatic heterocycles. The van der Waals surface area contributed by atoms with Crippen molar-refractivity contribution < 1.29 is 14.6 Å². The summed E-state index contributed by atoms with van der Waals surface area (Å²) >= 11 is 11.7. The Labute approximate surface area is 133 Å². The summed E-state index contributed by atoms with van der Waals surface area (Å²) in [6.07, 6.45) is 0. The molecule has 0 atom stereocenters. The molecule has 0 saturated heterocycles. The van der Waals surface area contributed by atoms with Crippen molar-refractivity contribution in [1.82, 2.24) is 0 Å². The van der Waals surface area contributed by atoms with Crippen molar-refractivity contribution in [2.75, 3.05) is 6.61 Å². The molecule has 110 valence electrons. The minimum atomic E-state index is -1.90. The normalized spacial score (nSPS) is 11.2. The molecule has 5 heteroatoms. The topological polar surface area (TPSA) is 46.5 Å². The Bertz CT molecular complexity index is 575. The van der Waals surface area contributed by atoms with Crippen LogP contribution in [0.4, 0.5) is 0 Å². The molecule has 0 spiro atoms. The fraction of sp³-hybridized carbons (Fsp3) is 0.188. The third kappa shape index (κ3) is 3.21. The highest BCUT2D eigenvalue weighted by molar-refractivity contribution is 6.30. The monoisotopic (exact) mass is 324 g/mol. The first-order chi connectivity index (χ1) is 9.98. The Morgan fingerprint density at radius 1 is 1.00 bits per heavy atom. The number of hydrogen-bond donors (Lipinski definition) is 1. The molecule has 0 radical (unpaired) electrons. The molecule has 0 aliphatic carbocycles. The Morgan fingerprint density at radius 3 is 1.71 bits per heavy atom. The summed E-state index contributed by atoms with van der Waals surface area (Å²) in [5.41, 5.74) is -1.13. The summed E-state index contributed by atoms with van der Waals surface area (Å²) in [4.78, 5) is 12.3. The second-order valence-electron chi connectivity index (χ2n) is 4.44. The molecule has 21 heavy (non-hydrogen) atoms. The van der Waals surface area contributed by atoms with E-state index in [2.05, 4.69) is 0 Å². The zero-order valence-electron chi connectivity index (χ0n) is 11.3. The average Bonchev–Trinajstić information content (AvgIpc) is 2.48. The number of benzene rings is 2. The van der Waals surface area contributed by atoms with Gasteiger partial charge in [-0.25, -0.2) is 4.79 Å². The fourth-order valence-electron chi connectivity index (χ4n) is 2.02. The molecular weight excluding hydrogens is 311 g/mol. The summed E-state index contributed by atoms with van der Waals surface area (Å²) in [5, 5.41) is 12.0. The molecule has 3 nitrogen and oxygen atoms in total. The third-order valence-corrected chi connectivity index (χ3v) is 3.60. The lowest BCUT2D eigenvalue weighted by Gasteiger charge is -2.27. The van der Waals surface area contributed by atoms with Crippen LogP contribution in [0.15, 0.2) is 48.5 Å². The number of esters is 1. The van der Waals surface area contributed by atoms with E-state index in [0.29, 0.717) is 21.2 Å². The van der Waals surface area contributed by atoms with Gasteiger partial charge >= 0.3 is 5.97 Å². The zero-order valence-corrected chi connectivity index (χ0v) is 12.9. The quantitative estimate of drug-likeness (QED) is 0.870. The van der Waals surface area contributed by atoms with Gasteiger partial charge in [0.05, 0.1) is 6.61 Å². The van der Waals surface area contributed by atoms with Crippen LogP contribution in [0.2, 0.25) is 10.0 Å². The molecule has 0 aliphatic rings. The van der Waals surface area contributed by atoms with Gasteiger partial charge in [0.15, 0.2) is 0 Å². The molecule has 0 bridgehead atoms. The Morgan fingerprint density at radius 2 is 1.38 bits per heavy atom. The van der Waals surface area contributed by atoms with Crippen LogP contribution in [-0.4, -0.2) is 17.7 Å². The maximum atomic E-state index is 12.3. The van der Waals surface area contributed by atoms with Gasteiger partial charge in [-0.15, -0.1) is 0 Å². The summed E-state index contributed by atoms with van der Waals surface area (Å²) in [6.45, 7) is 1.85. The number of halogens is 2. The van der Waals surface area contributed by atoms with E-state index in [1.807, 2.05) is 0 Å². The van der Waals surface area contributed by atoms with Crippen molar-refractivity contribution in [3.05, 3.63) is 69.7 Å². The summed E-state index contributed by atoms with van der Waals surface area (Å²) < 4.78 is 5.02. The van der Waals surface area contributed by atoms with E-state index in [1.165, 1.54) is 0 Å². The SMILES string of the molecule is CCOC(=O)C(O)(c1ccc(Cl)cc1)c1ccc(Cl)cc1. The van der Waals surface area contributed by atoms with Crippen molar-refractivity contribution >= 4 is 29.2 Å². The fourth-order valence-corrected chi connectivity index (χ4v) is 2.27. The molecule has 0 amide bonds. The van der Waals surface area contributed by atoms with Gasteiger partial charge in [-0.2, -0.15) is 0 Å². The van der Waals surface area contributed by atoms with Crippen LogP contribution in [0, 0.1) is 0 Å². The number of rotatable bonds is 4. The largest absolute Gasteiger partial charge is 0.463 e. The third-order valence-electron chi connectivity index (χ3n) is 3.09. The first-order valence-electron chi connectivity index (χ1n) is 6.40. The van der Waals surface area contributed by atoms with Gasteiger partial charge in [-0.3, -0.25) is 0 Å². The number of aliphatic hydroxyl groups is 1. The predicted molar refractivity (Wildman–Crippen MR) is 82.5 cm³/mol. The smallest absolute Gasteiger partial charge is 0.347 e. The van der Waals surface area contributed by atoms with Crippen LogP contribution in [0.1, 0.15) is 18.1 Å². The number of carbonyl (C=O) groups is 1. The summed E-state index contributed by atoms with van der Waals surface area (Å²) in [7, 11) is 0. The first kappa shape index (κ1) is 15.8. The number of hydrogen-bond acceptors (Lipinski definition) is 3. The van der Waals surface area contributed by atoms with Crippen molar-refractivity contribution in [3.63, 3.8) is 0 Å². The molecule has 2 aromatic rings. The highest BCUT2D eigenvalue weighted by Gasteiger charge is 2.41. The standard InChI is InChI=1S/C16H14Cl2O3/c1-2-21-15(19)16(20,11-3-7-13(17)8-4-11)12-5-9-14(18)10-6-12/h3-10,20H,2H2,1H3. The van der Waals surface area contributed by atoms with Crippen LogP contribution in [-0.2, 0) is 15.1 Å². The molecule has 0 fully saturated rings. The molecule has 0 heterocycles. The van der Waals surface area contributed by atoms with Crippen molar-refractivity contribution in [1.29, 1.82) is 0 Å². The molecule has 0 aromatic heterocycles. The van der Waals surface area contributed by atoms with E-state index in [-0.39, 0.29) is 6.61 Å². The van der Waals surface area contributed by atoms with Gasteiger partial charge in [0.2, 0.25) is 5.60 Å². The maximum Gasteiger partial charge on any atom is 0.347 e. The molecule has 0 unspecified atom stereocenters. The lowest BCUT2D eigenvalue weighted by molar-refractivity contribution is -0.161. The van der Waals surface area contributed by atoms with E-state index in [9.17, 15) is 9.90 Å². The Kier molecular flexibility index (Phi) is 4.88. The van der Waals surface area contributed by atoms with E-state index >= 15 is 0 Å². The van der Waals surface area contributed by atoms with E-state index in [4.69, 9.17) is 27.9 Å². The van der Waals surface area contributed by atoms with Gasteiger partial charge in [0, 0.05) is 10.0 Å². The van der Waals surface area contributed by atoms with Crippen LogP contribution in [0.5, 0.6) is 0 Å². The number of carbonyl (C=O) groups excluding carboxylic acids is 1. The molecular formula is C16H14Cl2O3. The highest BCUT2D eigenvalue weighted by atomic mass is 35.5. The van der Waals surface area contributed by atoms with Gasteiger partial charge in [0.1, 0.15) is 0 Å². The van der Waals surface area contributed by atoms with Crippen molar-refractivity contribution in [2.45, 2.75) is 12.5 Å². The summed E-state index contributed by atoms with van der Waals surface area (Å²) in [6, 6.07) is 12.8. The van der Waals surface area contributed by atoms with Gasteiger partial charge in [0.25, 0.3) is 0 Å². The molecule has 2 rings (SSSR count). The van der Waals surface area contributed by atoms with Gasteiger partial charge in [-0.05, 0) is 42.3 Å². The Balaban J connectivity index is 2.55.